The van der Waals surface area contributed by atoms with Crippen molar-refractivity contribution in [1.82, 2.24) is 4.98 Å². The molecule has 0 saturated carbocycles. The summed E-state index contributed by atoms with van der Waals surface area (Å²) in [6.45, 7) is 3.78. The van der Waals surface area contributed by atoms with E-state index in [1.807, 2.05) is 13.8 Å². The maximum atomic E-state index is 11.6. The van der Waals surface area contributed by atoms with Crippen LogP contribution in [0.25, 0.3) is 20.8 Å². The Morgan fingerprint density at radius 1 is 1.26 bits per heavy atom. The highest BCUT2D eigenvalue weighted by atomic mass is 32.1. The van der Waals surface area contributed by atoms with Crippen LogP contribution < -0.4 is 10.5 Å². The monoisotopic (exact) mass is 328 g/mol. The molecule has 1 heterocycles. The van der Waals surface area contributed by atoms with Crippen LogP contribution in [0.15, 0.2) is 24.3 Å². The molecular weight excluding hydrogens is 312 g/mol. The molecule has 6 heteroatoms. The van der Waals surface area contributed by atoms with E-state index in [1.54, 1.807) is 31.4 Å². The standard InChI is InChI=1S/C17H16N2O3S/c1-8-9(2)15-14(7-12(8)16(18)21)23-17(19-15)11-5-4-10(22-3)6-13(11)20/h4-7,20H,1-3H3,(H2,18,21). The van der Waals surface area contributed by atoms with Crippen molar-refractivity contribution in [2.75, 3.05) is 7.11 Å². The zero-order valence-corrected chi connectivity index (χ0v) is 13.8. The quantitative estimate of drug-likeness (QED) is 0.771. The SMILES string of the molecule is COc1ccc(-c2nc3c(C)c(C)c(C(N)=O)cc3s2)c(O)c1. The minimum atomic E-state index is -0.449. The van der Waals surface area contributed by atoms with Gasteiger partial charge in [0.05, 0.1) is 22.9 Å². The van der Waals surface area contributed by atoms with E-state index in [1.165, 1.54) is 11.3 Å². The van der Waals surface area contributed by atoms with Gasteiger partial charge >= 0.3 is 0 Å². The van der Waals surface area contributed by atoms with Crippen molar-refractivity contribution in [2.24, 2.45) is 5.73 Å². The summed E-state index contributed by atoms with van der Waals surface area (Å²) < 4.78 is 5.96. The van der Waals surface area contributed by atoms with Crippen LogP contribution in [0.2, 0.25) is 0 Å². The minimum absolute atomic E-state index is 0.105. The van der Waals surface area contributed by atoms with Gasteiger partial charge in [-0.05, 0) is 43.2 Å². The van der Waals surface area contributed by atoms with Crippen LogP contribution in [0.5, 0.6) is 11.5 Å². The molecule has 0 aliphatic carbocycles. The van der Waals surface area contributed by atoms with Crippen molar-refractivity contribution in [2.45, 2.75) is 13.8 Å². The van der Waals surface area contributed by atoms with E-state index in [0.717, 1.165) is 21.3 Å². The number of hydrogen-bond acceptors (Lipinski definition) is 5. The van der Waals surface area contributed by atoms with Gasteiger partial charge < -0.3 is 15.6 Å². The molecule has 0 spiro atoms. The van der Waals surface area contributed by atoms with Gasteiger partial charge in [-0.15, -0.1) is 11.3 Å². The Morgan fingerprint density at radius 2 is 2.00 bits per heavy atom. The average molecular weight is 328 g/mol. The first-order chi connectivity index (χ1) is 10.9. The maximum Gasteiger partial charge on any atom is 0.249 e. The summed E-state index contributed by atoms with van der Waals surface area (Å²) in [4.78, 5) is 16.2. The fraction of sp³-hybridized carbons (Fsp3) is 0.176. The zero-order valence-electron chi connectivity index (χ0n) is 13.0. The van der Waals surface area contributed by atoms with Gasteiger partial charge in [0.25, 0.3) is 0 Å². The number of fused-ring (bicyclic) bond motifs is 1. The number of ether oxygens (including phenoxy) is 1. The molecule has 3 aromatic rings. The molecule has 5 nitrogen and oxygen atoms in total. The third-order valence-corrected chi connectivity index (χ3v) is 4.99. The molecule has 1 aromatic heterocycles. The van der Waals surface area contributed by atoms with Gasteiger partial charge in [0.15, 0.2) is 0 Å². The van der Waals surface area contributed by atoms with Crippen LogP contribution in [0.4, 0.5) is 0 Å². The number of benzene rings is 2. The van der Waals surface area contributed by atoms with Gasteiger partial charge in [0, 0.05) is 11.6 Å². The Balaban J connectivity index is 2.21. The Hall–Kier alpha value is -2.60. The maximum absolute atomic E-state index is 11.6. The summed E-state index contributed by atoms with van der Waals surface area (Å²) in [5.74, 6) is 0.234. The normalized spacial score (nSPS) is 10.9. The molecule has 0 aliphatic heterocycles. The first-order valence-electron chi connectivity index (χ1n) is 7.00. The first kappa shape index (κ1) is 15.3. The Kier molecular flexibility index (Phi) is 3.69. The van der Waals surface area contributed by atoms with E-state index < -0.39 is 5.91 Å². The summed E-state index contributed by atoms with van der Waals surface area (Å²) in [7, 11) is 1.55. The molecule has 3 N–H and O–H groups in total. The van der Waals surface area contributed by atoms with Crippen molar-refractivity contribution < 1.29 is 14.6 Å². The molecule has 0 unspecified atom stereocenters. The smallest absolute Gasteiger partial charge is 0.249 e. The fourth-order valence-electron chi connectivity index (χ4n) is 2.51. The van der Waals surface area contributed by atoms with Gasteiger partial charge in [-0.1, -0.05) is 0 Å². The van der Waals surface area contributed by atoms with Crippen LogP contribution in [-0.2, 0) is 0 Å². The molecule has 23 heavy (non-hydrogen) atoms. The van der Waals surface area contributed by atoms with Gasteiger partial charge in [-0.3, -0.25) is 4.79 Å². The minimum Gasteiger partial charge on any atom is -0.507 e. The average Bonchev–Trinajstić information content (AvgIpc) is 2.94. The Bertz CT molecular complexity index is 931. The summed E-state index contributed by atoms with van der Waals surface area (Å²) >= 11 is 1.41. The predicted molar refractivity (Wildman–Crippen MR) is 91.3 cm³/mol. The molecule has 118 valence electrons. The second-order valence-electron chi connectivity index (χ2n) is 5.29. The Morgan fingerprint density at radius 3 is 2.61 bits per heavy atom. The molecule has 1 amide bonds. The number of nitrogens with two attached hydrogens (primary N) is 1. The number of aromatic nitrogens is 1. The number of methoxy groups -OCH3 is 1. The lowest BCUT2D eigenvalue weighted by atomic mass is 10.0. The van der Waals surface area contributed by atoms with E-state index in [0.29, 0.717) is 21.9 Å². The summed E-state index contributed by atoms with van der Waals surface area (Å²) in [6, 6.07) is 6.85. The van der Waals surface area contributed by atoms with E-state index in [9.17, 15) is 9.90 Å². The highest BCUT2D eigenvalue weighted by Gasteiger charge is 2.17. The number of rotatable bonds is 3. The molecule has 0 atom stereocenters. The van der Waals surface area contributed by atoms with Crippen LogP contribution in [0.1, 0.15) is 21.5 Å². The number of thiazole rings is 1. The van der Waals surface area contributed by atoms with E-state index in [2.05, 4.69) is 4.98 Å². The van der Waals surface area contributed by atoms with E-state index in [4.69, 9.17) is 10.5 Å². The lowest BCUT2D eigenvalue weighted by molar-refractivity contribution is 0.1000. The van der Waals surface area contributed by atoms with E-state index >= 15 is 0 Å². The van der Waals surface area contributed by atoms with Crippen molar-refractivity contribution >= 4 is 27.5 Å². The molecule has 3 rings (SSSR count). The lowest BCUT2D eigenvalue weighted by Crippen LogP contribution is -2.13. The van der Waals surface area contributed by atoms with Crippen LogP contribution >= 0.6 is 11.3 Å². The number of primary amides is 1. The fourth-order valence-corrected chi connectivity index (χ4v) is 3.61. The number of aryl methyl sites for hydroxylation is 1. The van der Waals surface area contributed by atoms with Crippen molar-refractivity contribution in [3.05, 3.63) is 41.0 Å². The number of carbonyl (C=O) groups is 1. The third-order valence-electron chi connectivity index (χ3n) is 3.95. The predicted octanol–water partition coefficient (Wildman–Crippen LogP) is 3.39. The number of phenols is 1. The van der Waals surface area contributed by atoms with Gasteiger partial charge in [0.1, 0.15) is 16.5 Å². The second-order valence-corrected chi connectivity index (χ2v) is 6.32. The number of phenolic OH excluding ortho intramolecular Hbond substituents is 1. The highest BCUT2D eigenvalue weighted by molar-refractivity contribution is 7.21. The zero-order chi connectivity index (χ0) is 16.7. The van der Waals surface area contributed by atoms with Gasteiger partial charge in [-0.25, -0.2) is 4.98 Å². The molecule has 0 aliphatic rings. The number of amides is 1. The van der Waals surface area contributed by atoms with E-state index in [-0.39, 0.29) is 5.75 Å². The van der Waals surface area contributed by atoms with Crippen molar-refractivity contribution in [3.63, 3.8) is 0 Å². The van der Waals surface area contributed by atoms with Crippen molar-refractivity contribution in [3.8, 4) is 22.1 Å². The molecule has 0 saturated heterocycles. The summed E-state index contributed by atoms with van der Waals surface area (Å²) in [6.07, 6.45) is 0. The summed E-state index contributed by atoms with van der Waals surface area (Å²) in [5.41, 5.74) is 9.15. The molecular formula is C17H16N2O3S. The number of nitrogens with zero attached hydrogens (tertiary/aromatic N) is 1. The molecule has 0 bridgehead atoms. The molecule has 0 fully saturated rings. The highest BCUT2D eigenvalue weighted by Crippen LogP contribution is 2.38. The van der Waals surface area contributed by atoms with Gasteiger partial charge in [0.2, 0.25) is 5.91 Å². The number of carbonyl (C=O) groups excluding carboxylic acids is 1. The third kappa shape index (κ3) is 2.51. The number of aromatic hydroxyl groups is 1. The Labute approximate surface area is 137 Å². The largest absolute Gasteiger partial charge is 0.507 e. The second kappa shape index (κ2) is 5.55. The topological polar surface area (TPSA) is 85.4 Å². The van der Waals surface area contributed by atoms with Gasteiger partial charge in [-0.2, -0.15) is 0 Å². The number of hydrogen-bond donors (Lipinski definition) is 2. The molecule has 0 radical (unpaired) electrons. The van der Waals surface area contributed by atoms with Crippen LogP contribution in [-0.4, -0.2) is 23.1 Å². The van der Waals surface area contributed by atoms with Crippen LogP contribution in [0, 0.1) is 13.8 Å². The van der Waals surface area contributed by atoms with Crippen LogP contribution in [0.3, 0.4) is 0 Å². The molecule has 2 aromatic carbocycles. The summed E-state index contributed by atoms with van der Waals surface area (Å²) in [5, 5.41) is 10.9. The van der Waals surface area contributed by atoms with Crippen molar-refractivity contribution in [1.29, 1.82) is 0 Å². The lowest BCUT2D eigenvalue weighted by Gasteiger charge is -2.05. The first-order valence-corrected chi connectivity index (χ1v) is 7.82.